The van der Waals surface area contributed by atoms with E-state index >= 15 is 0 Å². The van der Waals surface area contributed by atoms with Crippen molar-refractivity contribution in [2.24, 2.45) is 0 Å². The van der Waals surface area contributed by atoms with Crippen molar-refractivity contribution in [1.82, 2.24) is 9.80 Å². The molecular weight excluding hydrogens is 484 g/mol. The van der Waals surface area contributed by atoms with Crippen molar-refractivity contribution < 1.29 is 22.7 Å². The molecule has 2 aliphatic rings. The molecule has 0 radical (unpaired) electrons. The molecule has 0 bridgehead atoms. The lowest BCUT2D eigenvalue weighted by Gasteiger charge is -2.40. The van der Waals surface area contributed by atoms with E-state index in [1.54, 1.807) is 18.4 Å². The average molecular weight is 521 g/mol. The Morgan fingerprint density at radius 1 is 1.26 bits per heavy atom. The molecule has 0 spiro atoms. The largest absolute Gasteiger partial charge is 0.493 e. The number of benzene rings is 1. The Bertz CT molecular complexity index is 1170. The van der Waals surface area contributed by atoms with Gasteiger partial charge in [0.2, 0.25) is 5.91 Å². The van der Waals surface area contributed by atoms with Crippen molar-refractivity contribution >= 4 is 27.1 Å². The number of rotatable bonds is 7. The molecule has 1 aromatic carbocycles. The fourth-order valence-electron chi connectivity index (χ4n) is 5.13. The number of ether oxygens (including phenoxy) is 2. The number of hydrogen-bond donors (Lipinski definition) is 0. The minimum Gasteiger partial charge on any atom is -0.493 e. The highest BCUT2D eigenvalue weighted by Gasteiger charge is 2.49. The number of amides is 1. The first kappa shape index (κ1) is 26.0. The standard InChI is InChI=1S/C26H36N2O5S2/c1-26(2,3)27(4)25(29)20-15-19(23-8-7-12-34-23)24-18-16-22(33-11-13-35(6,30)31)21(32-5)14-17(18)9-10-28(20)24/h7-8,12,14,16,19-20,24H,9-11,13,15H2,1-6H3. The molecule has 1 amide bonds. The van der Waals surface area contributed by atoms with E-state index in [1.165, 1.54) is 16.7 Å². The highest BCUT2D eigenvalue weighted by atomic mass is 32.2. The van der Waals surface area contributed by atoms with Crippen LogP contribution in [0.1, 0.15) is 55.2 Å². The smallest absolute Gasteiger partial charge is 0.240 e. The van der Waals surface area contributed by atoms with Crippen LogP contribution in [0, 0.1) is 0 Å². The Morgan fingerprint density at radius 2 is 2.00 bits per heavy atom. The third-order valence-electron chi connectivity index (χ3n) is 7.24. The molecule has 1 fully saturated rings. The summed E-state index contributed by atoms with van der Waals surface area (Å²) in [5.41, 5.74) is 2.07. The molecule has 192 valence electrons. The quantitative estimate of drug-likeness (QED) is 0.551. The fraction of sp³-hybridized carbons (Fsp3) is 0.577. The van der Waals surface area contributed by atoms with Crippen LogP contribution in [0.3, 0.4) is 0 Å². The summed E-state index contributed by atoms with van der Waals surface area (Å²) < 4.78 is 34.7. The van der Waals surface area contributed by atoms with Gasteiger partial charge in [-0.05, 0) is 68.3 Å². The van der Waals surface area contributed by atoms with Crippen LogP contribution in [0.25, 0.3) is 0 Å². The van der Waals surface area contributed by atoms with Gasteiger partial charge < -0.3 is 14.4 Å². The third kappa shape index (κ3) is 5.37. The van der Waals surface area contributed by atoms with Gasteiger partial charge in [0.25, 0.3) is 0 Å². The number of nitrogens with zero attached hydrogens (tertiary/aromatic N) is 2. The zero-order valence-corrected chi connectivity index (χ0v) is 23.0. The Labute approximate surface area is 212 Å². The molecule has 9 heteroatoms. The maximum atomic E-state index is 13.7. The molecule has 2 aromatic rings. The van der Waals surface area contributed by atoms with Crippen molar-refractivity contribution in [2.45, 2.75) is 57.2 Å². The molecule has 3 atom stereocenters. The summed E-state index contributed by atoms with van der Waals surface area (Å²) in [5.74, 6) is 1.44. The molecular formula is C26H36N2O5S2. The van der Waals surface area contributed by atoms with E-state index in [4.69, 9.17) is 9.47 Å². The van der Waals surface area contributed by atoms with Crippen molar-refractivity contribution in [2.75, 3.05) is 39.3 Å². The first-order chi connectivity index (χ1) is 16.4. The lowest BCUT2D eigenvalue weighted by atomic mass is 9.86. The zero-order valence-electron chi connectivity index (χ0n) is 21.4. The highest BCUT2D eigenvalue weighted by molar-refractivity contribution is 7.90. The van der Waals surface area contributed by atoms with Gasteiger partial charge in [-0.3, -0.25) is 9.69 Å². The van der Waals surface area contributed by atoms with Crippen molar-refractivity contribution in [3.63, 3.8) is 0 Å². The van der Waals surface area contributed by atoms with Gasteiger partial charge in [0, 0.05) is 42.2 Å². The first-order valence-corrected chi connectivity index (χ1v) is 14.9. The van der Waals surface area contributed by atoms with Gasteiger partial charge >= 0.3 is 0 Å². The number of likely N-dealkylation sites (N-methyl/N-ethyl adjacent to an activating group) is 1. The maximum Gasteiger partial charge on any atom is 0.240 e. The van der Waals surface area contributed by atoms with E-state index in [0.29, 0.717) is 11.5 Å². The van der Waals surface area contributed by atoms with Crippen LogP contribution in [0.4, 0.5) is 0 Å². The predicted molar refractivity (Wildman–Crippen MR) is 139 cm³/mol. The Hall–Kier alpha value is -2.10. The van der Waals surface area contributed by atoms with Crippen molar-refractivity contribution in [3.05, 3.63) is 45.6 Å². The maximum absolute atomic E-state index is 13.7. The van der Waals surface area contributed by atoms with Crippen LogP contribution in [-0.2, 0) is 21.1 Å². The number of hydrogen-bond acceptors (Lipinski definition) is 7. The Morgan fingerprint density at radius 3 is 2.60 bits per heavy atom. The lowest BCUT2D eigenvalue weighted by molar-refractivity contribution is -0.139. The summed E-state index contributed by atoms with van der Waals surface area (Å²) in [6.45, 7) is 7.05. The minimum atomic E-state index is -3.14. The van der Waals surface area contributed by atoms with Crippen molar-refractivity contribution in [1.29, 1.82) is 0 Å². The van der Waals surface area contributed by atoms with Gasteiger partial charge in [-0.25, -0.2) is 8.42 Å². The van der Waals surface area contributed by atoms with Gasteiger partial charge in [-0.2, -0.15) is 0 Å². The Balaban J connectivity index is 1.72. The van der Waals surface area contributed by atoms with Gasteiger partial charge in [-0.1, -0.05) is 6.07 Å². The van der Waals surface area contributed by atoms with E-state index in [1.807, 2.05) is 24.1 Å². The number of carbonyl (C=O) groups excluding carboxylic acids is 1. The van der Waals surface area contributed by atoms with E-state index in [2.05, 4.69) is 43.2 Å². The van der Waals surface area contributed by atoms with Crippen LogP contribution < -0.4 is 9.47 Å². The Kier molecular flexibility index (Phi) is 7.23. The summed E-state index contributed by atoms with van der Waals surface area (Å²) >= 11 is 1.73. The van der Waals surface area contributed by atoms with Crippen LogP contribution in [0.15, 0.2) is 29.6 Å². The molecule has 3 unspecified atom stereocenters. The third-order valence-corrected chi connectivity index (χ3v) is 9.15. The monoisotopic (exact) mass is 520 g/mol. The topological polar surface area (TPSA) is 76.1 Å². The molecule has 0 aliphatic carbocycles. The highest BCUT2D eigenvalue weighted by Crippen LogP contribution is 2.52. The van der Waals surface area contributed by atoms with Crippen LogP contribution in [-0.4, -0.2) is 75.0 Å². The van der Waals surface area contributed by atoms with E-state index in [-0.39, 0.29) is 41.8 Å². The summed E-state index contributed by atoms with van der Waals surface area (Å²) in [6, 6.07) is 8.11. The summed E-state index contributed by atoms with van der Waals surface area (Å²) in [6.07, 6.45) is 2.78. The summed E-state index contributed by atoms with van der Waals surface area (Å²) in [4.78, 5) is 19.2. The number of methoxy groups -OCH3 is 1. The fourth-order valence-corrected chi connectivity index (χ4v) is 6.38. The average Bonchev–Trinajstić information content (AvgIpc) is 3.44. The van der Waals surface area contributed by atoms with Crippen molar-refractivity contribution in [3.8, 4) is 11.5 Å². The SMILES string of the molecule is COc1cc2c(cc1OCCS(C)(=O)=O)C1C(c3cccs3)CC(C(=O)N(C)C(C)(C)C)N1CC2. The summed E-state index contributed by atoms with van der Waals surface area (Å²) in [7, 11) is 0.358. The lowest BCUT2D eigenvalue weighted by Crippen LogP contribution is -2.52. The normalized spacial score (nSPS) is 22.4. The molecule has 2 aliphatic heterocycles. The van der Waals surface area contributed by atoms with Gasteiger partial charge in [0.1, 0.15) is 6.61 Å². The second kappa shape index (κ2) is 9.75. The predicted octanol–water partition coefficient (Wildman–Crippen LogP) is 3.89. The molecule has 3 heterocycles. The second-order valence-corrected chi connectivity index (χ2v) is 13.8. The van der Waals surface area contributed by atoms with Crippen LogP contribution in [0.2, 0.25) is 0 Å². The van der Waals surface area contributed by atoms with E-state index in [9.17, 15) is 13.2 Å². The molecule has 1 saturated heterocycles. The minimum absolute atomic E-state index is 0.0443. The summed E-state index contributed by atoms with van der Waals surface area (Å²) in [5, 5.41) is 2.09. The van der Waals surface area contributed by atoms with E-state index < -0.39 is 9.84 Å². The number of thiophene rings is 1. The molecule has 7 nitrogen and oxygen atoms in total. The van der Waals surface area contributed by atoms with Gasteiger partial charge in [-0.15, -0.1) is 11.3 Å². The van der Waals surface area contributed by atoms with Crippen LogP contribution in [0.5, 0.6) is 11.5 Å². The molecule has 4 rings (SSSR count). The van der Waals surface area contributed by atoms with Crippen LogP contribution >= 0.6 is 11.3 Å². The number of fused-ring (bicyclic) bond motifs is 3. The number of sulfone groups is 1. The molecule has 0 saturated carbocycles. The van der Waals surface area contributed by atoms with Gasteiger partial charge in [0.05, 0.1) is 18.9 Å². The molecule has 0 N–H and O–H groups in total. The van der Waals surface area contributed by atoms with E-state index in [0.717, 1.165) is 24.9 Å². The molecule has 35 heavy (non-hydrogen) atoms. The molecule has 1 aromatic heterocycles. The zero-order chi connectivity index (χ0) is 25.5. The van der Waals surface area contributed by atoms with Gasteiger partial charge in [0.15, 0.2) is 21.3 Å². The second-order valence-electron chi connectivity index (χ2n) is 10.6. The first-order valence-electron chi connectivity index (χ1n) is 12.0. The number of carbonyl (C=O) groups is 1.